The topological polar surface area (TPSA) is 76.0 Å². The number of benzene rings is 2. The molecule has 2 N–H and O–H groups in total. The zero-order chi connectivity index (χ0) is 20.4. The largest absolute Gasteiger partial charge is 0.273 e. The van der Waals surface area contributed by atoms with Gasteiger partial charge in [0.15, 0.2) is 5.82 Å². The molecule has 0 saturated heterocycles. The number of halogens is 3. The summed E-state index contributed by atoms with van der Waals surface area (Å²) in [5, 5.41) is 4.13. The van der Waals surface area contributed by atoms with Crippen LogP contribution in [-0.2, 0) is 0 Å². The van der Waals surface area contributed by atoms with Crippen molar-refractivity contribution in [2.75, 3.05) is 0 Å². The molecule has 0 aliphatic rings. The summed E-state index contributed by atoms with van der Waals surface area (Å²) >= 11 is 0. The minimum absolute atomic E-state index is 0.0172. The maximum Gasteiger partial charge on any atom is 0.273 e. The van der Waals surface area contributed by atoms with Gasteiger partial charge in [0, 0.05) is 11.6 Å². The van der Waals surface area contributed by atoms with Gasteiger partial charge in [0.25, 0.3) is 11.8 Å². The second-order valence-corrected chi connectivity index (χ2v) is 5.97. The molecule has 0 saturated carbocycles. The van der Waals surface area contributed by atoms with Crippen LogP contribution < -0.4 is 10.9 Å². The first kappa shape index (κ1) is 19.2. The van der Waals surface area contributed by atoms with Crippen LogP contribution >= 0.6 is 0 Å². The molecule has 0 aliphatic heterocycles. The van der Waals surface area contributed by atoms with Crippen LogP contribution in [0.4, 0.5) is 13.2 Å². The molecule has 1 aromatic heterocycles. The Balaban J connectivity index is 1.80. The third-order valence-corrected chi connectivity index (χ3v) is 4.05. The predicted molar refractivity (Wildman–Crippen MR) is 94.3 cm³/mol. The van der Waals surface area contributed by atoms with E-state index in [2.05, 4.69) is 16.0 Å². The minimum atomic E-state index is -0.831. The highest BCUT2D eigenvalue weighted by atomic mass is 19.1. The number of aryl methyl sites for hydroxylation is 1. The van der Waals surface area contributed by atoms with Crippen LogP contribution in [0.2, 0.25) is 0 Å². The van der Waals surface area contributed by atoms with Crippen LogP contribution in [0.1, 0.15) is 32.1 Å². The van der Waals surface area contributed by atoms with Crippen molar-refractivity contribution >= 4 is 11.8 Å². The third-order valence-electron chi connectivity index (χ3n) is 4.05. The van der Waals surface area contributed by atoms with E-state index in [9.17, 15) is 22.8 Å². The van der Waals surface area contributed by atoms with E-state index in [0.717, 1.165) is 18.2 Å². The zero-order valence-electron chi connectivity index (χ0n) is 14.9. The van der Waals surface area contributed by atoms with E-state index in [0.29, 0.717) is 11.8 Å². The Bertz CT molecular complexity index is 1060. The molecular weight excluding hydrogens is 373 g/mol. The first-order chi connectivity index (χ1) is 13.3. The van der Waals surface area contributed by atoms with E-state index in [1.54, 1.807) is 13.8 Å². The zero-order valence-corrected chi connectivity index (χ0v) is 14.9. The van der Waals surface area contributed by atoms with E-state index in [1.807, 2.05) is 0 Å². The molecule has 0 aliphatic carbocycles. The maximum atomic E-state index is 14.0. The number of carbonyl (C=O) groups excluding carboxylic acids is 2. The van der Waals surface area contributed by atoms with Crippen molar-refractivity contribution in [3.8, 4) is 5.69 Å². The number of nitrogens with one attached hydrogen (secondary N) is 2. The fourth-order valence-corrected chi connectivity index (χ4v) is 2.71. The lowest BCUT2D eigenvalue weighted by molar-refractivity contribution is 0.0846. The van der Waals surface area contributed by atoms with Crippen LogP contribution in [-0.4, -0.2) is 21.6 Å². The van der Waals surface area contributed by atoms with Gasteiger partial charge in [-0.1, -0.05) is 0 Å². The minimum Gasteiger partial charge on any atom is -0.267 e. The number of aromatic nitrogens is 2. The molecule has 0 unspecified atom stereocenters. The normalized spacial score (nSPS) is 10.6. The molecule has 0 fully saturated rings. The summed E-state index contributed by atoms with van der Waals surface area (Å²) in [5.74, 6) is -3.36. The summed E-state index contributed by atoms with van der Waals surface area (Å²) < 4.78 is 41.3. The van der Waals surface area contributed by atoms with Crippen LogP contribution in [0.25, 0.3) is 5.69 Å². The standard InChI is InChI=1S/C19H15F3N4O2/c1-10-17(11(2)26(25-10)16-8-7-14(21)9-15(16)22)19(28)24-23-18(27)12-3-5-13(20)6-4-12/h3-9H,1-2H3,(H,23,27)(H,24,28). The van der Waals surface area contributed by atoms with E-state index in [-0.39, 0.29) is 22.5 Å². The summed E-state index contributed by atoms with van der Waals surface area (Å²) in [7, 11) is 0. The second kappa shape index (κ2) is 7.55. The van der Waals surface area contributed by atoms with Crippen molar-refractivity contribution in [1.29, 1.82) is 0 Å². The Kier molecular flexibility index (Phi) is 5.16. The molecule has 0 radical (unpaired) electrons. The highest BCUT2D eigenvalue weighted by molar-refractivity contribution is 6.00. The molecule has 9 heteroatoms. The number of hydrazine groups is 1. The smallest absolute Gasteiger partial charge is 0.267 e. The molecule has 6 nitrogen and oxygen atoms in total. The number of nitrogens with zero attached hydrogens (tertiary/aromatic N) is 2. The molecule has 2 amide bonds. The molecule has 3 aromatic rings. The van der Waals surface area contributed by atoms with E-state index in [4.69, 9.17) is 0 Å². The maximum absolute atomic E-state index is 14.0. The van der Waals surface area contributed by atoms with Crippen molar-refractivity contribution in [3.05, 3.63) is 82.4 Å². The van der Waals surface area contributed by atoms with Crippen molar-refractivity contribution in [1.82, 2.24) is 20.6 Å². The molecule has 2 aromatic carbocycles. The van der Waals surface area contributed by atoms with E-state index < -0.39 is 29.3 Å². The lowest BCUT2D eigenvalue weighted by Gasteiger charge is -2.09. The Labute approximate surface area is 158 Å². The SMILES string of the molecule is Cc1nn(-c2ccc(F)cc2F)c(C)c1C(=O)NNC(=O)c1ccc(F)cc1. The van der Waals surface area contributed by atoms with Crippen LogP contribution in [0.3, 0.4) is 0 Å². The number of rotatable bonds is 3. The van der Waals surface area contributed by atoms with Gasteiger partial charge in [-0.25, -0.2) is 17.9 Å². The highest BCUT2D eigenvalue weighted by Gasteiger charge is 2.21. The van der Waals surface area contributed by atoms with Gasteiger partial charge >= 0.3 is 0 Å². The van der Waals surface area contributed by atoms with Crippen LogP contribution in [0, 0.1) is 31.3 Å². The molecule has 144 valence electrons. The van der Waals surface area contributed by atoms with Gasteiger partial charge < -0.3 is 0 Å². The van der Waals surface area contributed by atoms with Crippen molar-refractivity contribution in [3.63, 3.8) is 0 Å². The number of hydrogen-bond donors (Lipinski definition) is 2. The molecule has 1 heterocycles. The Hall–Kier alpha value is -3.62. The molecular formula is C19H15F3N4O2. The fourth-order valence-electron chi connectivity index (χ4n) is 2.71. The first-order valence-electron chi connectivity index (χ1n) is 8.16. The quantitative estimate of drug-likeness (QED) is 0.678. The van der Waals surface area contributed by atoms with Gasteiger partial charge in [-0.2, -0.15) is 5.10 Å². The predicted octanol–water partition coefficient (Wildman–Crippen LogP) is 2.98. The fraction of sp³-hybridized carbons (Fsp3) is 0.105. The average Bonchev–Trinajstić information content (AvgIpc) is 2.94. The van der Waals surface area contributed by atoms with Crippen molar-refractivity contribution in [2.24, 2.45) is 0 Å². The van der Waals surface area contributed by atoms with E-state index >= 15 is 0 Å². The second-order valence-electron chi connectivity index (χ2n) is 5.97. The summed E-state index contributed by atoms with van der Waals surface area (Å²) in [6.07, 6.45) is 0. The summed E-state index contributed by atoms with van der Waals surface area (Å²) in [6.45, 7) is 3.08. The van der Waals surface area contributed by atoms with Crippen LogP contribution in [0.5, 0.6) is 0 Å². The van der Waals surface area contributed by atoms with E-state index in [1.165, 1.54) is 22.9 Å². The summed E-state index contributed by atoms with van der Waals surface area (Å²) in [5.41, 5.74) is 5.31. The monoisotopic (exact) mass is 388 g/mol. The molecule has 0 spiro atoms. The van der Waals surface area contributed by atoms with Gasteiger partial charge in [0.1, 0.15) is 17.3 Å². The number of hydrogen-bond acceptors (Lipinski definition) is 3. The highest BCUT2D eigenvalue weighted by Crippen LogP contribution is 2.20. The van der Waals surface area contributed by atoms with Crippen molar-refractivity contribution in [2.45, 2.75) is 13.8 Å². The van der Waals surface area contributed by atoms with Gasteiger partial charge in [-0.3, -0.25) is 20.4 Å². The molecule has 0 bridgehead atoms. The Morgan fingerprint density at radius 3 is 2.14 bits per heavy atom. The summed E-state index contributed by atoms with van der Waals surface area (Å²) in [6, 6.07) is 7.78. The molecule has 0 atom stereocenters. The lowest BCUT2D eigenvalue weighted by Crippen LogP contribution is -2.42. The third kappa shape index (κ3) is 3.73. The lowest BCUT2D eigenvalue weighted by atomic mass is 10.2. The Morgan fingerprint density at radius 1 is 0.893 bits per heavy atom. The van der Waals surface area contributed by atoms with Crippen molar-refractivity contribution < 1.29 is 22.8 Å². The molecule has 3 rings (SSSR count). The summed E-state index contributed by atoms with van der Waals surface area (Å²) in [4.78, 5) is 24.5. The van der Waals surface area contributed by atoms with Gasteiger partial charge in [-0.15, -0.1) is 0 Å². The Morgan fingerprint density at radius 2 is 1.50 bits per heavy atom. The van der Waals surface area contributed by atoms with Gasteiger partial charge in [-0.05, 0) is 50.2 Å². The number of amides is 2. The van der Waals surface area contributed by atoms with Crippen LogP contribution in [0.15, 0.2) is 42.5 Å². The van der Waals surface area contributed by atoms with Gasteiger partial charge in [0.05, 0.1) is 17.0 Å². The first-order valence-corrected chi connectivity index (χ1v) is 8.16. The number of carbonyl (C=O) groups is 2. The average molecular weight is 388 g/mol. The van der Waals surface area contributed by atoms with Gasteiger partial charge in [0.2, 0.25) is 0 Å². The molecule has 28 heavy (non-hydrogen) atoms.